The zero-order valence-electron chi connectivity index (χ0n) is 15.9. The van der Waals surface area contributed by atoms with E-state index < -0.39 is 24.2 Å². The molecule has 0 fully saturated rings. The van der Waals surface area contributed by atoms with Gasteiger partial charge in [-0.1, -0.05) is 68.9 Å². The summed E-state index contributed by atoms with van der Waals surface area (Å²) in [6.45, 7) is 0. The maximum atomic E-state index is 13.9. The number of amides is 1. The first-order valence-corrected chi connectivity index (χ1v) is 11.1. The van der Waals surface area contributed by atoms with Crippen LogP contribution < -0.4 is 10.6 Å². The summed E-state index contributed by atoms with van der Waals surface area (Å²) < 4.78 is 43.2. The number of carbonyl (C=O) groups is 1. The van der Waals surface area contributed by atoms with Crippen LogP contribution in [0.2, 0.25) is 15.1 Å². The molecule has 1 aromatic heterocycles. The first-order chi connectivity index (χ1) is 15.1. The van der Waals surface area contributed by atoms with Crippen LogP contribution in [-0.4, -0.2) is 21.9 Å². The molecule has 12 heteroatoms. The summed E-state index contributed by atoms with van der Waals surface area (Å²) in [5, 5.41) is 9.44. The standard InChI is InChI=1S/C20H13BrCl3F3N4O/c21-10-6-4-9(5-7-10)13-8-14(20(25,26)27)31-18(28-13)16(24)17(30-31)19(32)29-12-3-1-2-11(22)15(12)23/h1-7,13-14,28H,8H2,(H,29,32). The van der Waals surface area contributed by atoms with Crippen molar-refractivity contribution >= 4 is 68.1 Å². The van der Waals surface area contributed by atoms with Gasteiger partial charge in [-0.15, -0.1) is 0 Å². The van der Waals surface area contributed by atoms with Crippen molar-refractivity contribution in [3.63, 3.8) is 0 Å². The Labute approximate surface area is 204 Å². The van der Waals surface area contributed by atoms with Crippen molar-refractivity contribution in [2.75, 3.05) is 10.6 Å². The number of halogens is 7. The van der Waals surface area contributed by atoms with Crippen molar-refractivity contribution in [3.05, 3.63) is 73.3 Å². The third kappa shape index (κ3) is 4.44. The topological polar surface area (TPSA) is 59.0 Å². The van der Waals surface area contributed by atoms with Gasteiger partial charge in [-0.3, -0.25) is 4.79 Å². The molecule has 4 rings (SSSR count). The number of fused-ring (bicyclic) bond motifs is 1. The lowest BCUT2D eigenvalue weighted by Crippen LogP contribution is -2.35. The van der Waals surface area contributed by atoms with E-state index in [4.69, 9.17) is 34.8 Å². The van der Waals surface area contributed by atoms with Gasteiger partial charge in [0.25, 0.3) is 5.91 Å². The van der Waals surface area contributed by atoms with Gasteiger partial charge in [-0.25, -0.2) is 4.68 Å². The van der Waals surface area contributed by atoms with E-state index in [0.717, 1.165) is 4.47 Å². The fourth-order valence-electron chi connectivity index (χ4n) is 3.43. The van der Waals surface area contributed by atoms with Crippen LogP contribution in [0.1, 0.15) is 34.6 Å². The monoisotopic (exact) mass is 566 g/mol. The van der Waals surface area contributed by atoms with Crippen LogP contribution in [0.4, 0.5) is 24.7 Å². The second-order valence-electron chi connectivity index (χ2n) is 7.05. The fourth-order valence-corrected chi connectivity index (χ4v) is 4.31. The zero-order valence-corrected chi connectivity index (χ0v) is 19.7. The maximum absolute atomic E-state index is 13.9. The van der Waals surface area contributed by atoms with Crippen molar-refractivity contribution < 1.29 is 18.0 Å². The fraction of sp³-hybridized carbons (Fsp3) is 0.200. The first kappa shape index (κ1) is 23.2. The molecular weight excluding hydrogens is 556 g/mol. The number of nitrogens with one attached hydrogen (secondary N) is 2. The van der Waals surface area contributed by atoms with Gasteiger partial charge in [0, 0.05) is 10.9 Å². The largest absolute Gasteiger partial charge is 0.410 e. The third-order valence-corrected chi connectivity index (χ3v) is 6.69. The molecule has 168 valence electrons. The minimum atomic E-state index is -4.61. The summed E-state index contributed by atoms with van der Waals surface area (Å²) in [5.41, 5.74) is 0.456. The quantitative estimate of drug-likeness (QED) is 0.344. The van der Waals surface area contributed by atoms with E-state index in [-0.39, 0.29) is 38.7 Å². The van der Waals surface area contributed by atoms with Crippen molar-refractivity contribution in [3.8, 4) is 0 Å². The Morgan fingerprint density at radius 2 is 1.81 bits per heavy atom. The number of aromatic nitrogens is 2. The molecule has 0 bridgehead atoms. The highest BCUT2D eigenvalue weighted by molar-refractivity contribution is 9.10. The summed E-state index contributed by atoms with van der Waals surface area (Å²) >= 11 is 21.7. The van der Waals surface area contributed by atoms with Gasteiger partial charge < -0.3 is 10.6 Å². The molecule has 5 nitrogen and oxygen atoms in total. The van der Waals surface area contributed by atoms with Gasteiger partial charge >= 0.3 is 6.18 Å². The number of rotatable bonds is 3. The predicted molar refractivity (Wildman–Crippen MR) is 122 cm³/mol. The second kappa shape index (κ2) is 8.78. The Kier molecular flexibility index (Phi) is 6.37. The Hall–Kier alpha value is -1.94. The van der Waals surface area contributed by atoms with E-state index in [9.17, 15) is 18.0 Å². The second-order valence-corrected chi connectivity index (χ2v) is 9.13. The van der Waals surface area contributed by atoms with Crippen LogP contribution in [0, 0.1) is 0 Å². The van der Waals surface area contributed by atoms with Crippen LogP contribution in [0.5, 0.6) is 0 Å². The molecule has 0 saturated carbocycles. The van der Waals surface area contributed by atoms with Crippen LogP contribution in [0.3, 0.4) is 0 Å². The van der Waals surface area contributed by atoms with Crippen molar-refractivity contribution in [1.29, 1.82) is 0 Å². The van der Waals surface area contributed by atoms with Gasteiger partial charge in [0.15, 0.2) is 11.7 Å². The molecule has 0 aliphatic carbocycles. The number of alkyl halides is 3. The summed E-state index contributed by atoms with van der Waals surface area (Å²) in [7, 11) is 0. The Bertz CT molecular complexity index is 1180. The Balaban J connectivity index is 1.71. The number of carbonyl (C=O) groups excluding carboxylic acids is 1. The molecule has 2 atom stereocenters. The Morgan fingerprint density at radius 1 is 1.12 bits per heavy atom. The number of hydrogen-bond acceptors (Lipinski definition) is 3. The molecule has 32 heavy (non-hydrogen) atoms. The molecule has 2 heterocycles. The molecule has 2 aromatic carbocycles. The average Bonchev–Trinajstić information content (AvgIpc) is 3.07. The van der Waals surface area contributed by atoms with Crippen LogP contribution in [0.15, 0.2) is 46.9 Å². The lowest BCUT2D eigenvalue weighted by Gasteiger charge is -2.33. The normalized spacial score (nSPS) is 18.1. The first-order valence-electron chi connectivity index (χ1n) is 9.18. The smallest absolute Gasteiger partial charge is 0.362 e. The van der Waals surface area contributed by atoms with Gasteiger partial charge in [0.05, 0.1) is 21.8 Å². The zero-order chi connectivity index (χ0) is 23.2. The van der Waals surface area contributed by atoms with Crippen LogP contribution in [-0.2, 0) is 0 Å². The lowest BCUT2D eigenvalue weighted by atomic mass is 9.97. The van der Waals surface area contributed by atoms with E-state index in [0.29, 0.717) is 10.2 Å². The molecule has 1 amide bonds. The van der Waals surface area contributed by atoms with Crippen molar-refractivity contribution in [2.45, 2.75) is 24.7 Å². The summed E-state index contributed by atoms with van der Waals surface area (Å²) in [6, 6.07) is 8.83. The molecule has 2 N–H and O–H groups in total. The lowest BCUT2D eigenvalue weighted by molar-refractivity contribution is -0.173. The minimum Gasteiger partial charge on any atom is -0.362 e. The van der Waals surface area contributed by atoms with E-state index in [1.165, 1.54) is 12.1 Å². The number of nitrogens with zero attached hydrogens (tertiary/aromatic N) is 2. The maximum Gasteiger partial charge on any atom is 0.410 e. The molecule has 0 spiro atoms. The summed E-state index contributed by atoms with van der Waals surface area (Å²) in [4.78, 5) is 12.8. The number of benzene rings is 2. The highest BCUT2D eigenvalue weighted by atomic mass is 79.9. The van der Waals surface area contributed by atoms with E-state index >= 15 is 0 Å². The number of anilines is 2. The Morgan fingerprint density at radius 3 is 2.47 bits per heavy atom. The molecule has 3 aromatic rings. The minimum absolute atomic E-state index is 0.0872. The van der Waals surface area contributed by atoms with Gasteiger partial charge in [-0.05, 0) is 29.8 Å². The van der Waals surface area contributed by atoms with E-state index in [1.807, 2.05) is 0 Å². The average molecular weight is 569 g/mol. The molecular formula is C20H13BrCl3F3N4O. The molecule has 0 radical (unpaired) electrons. The third-order valence-electron chi connectivity index (χ3n) is 4.98. The molecule has 2 unspecified atom stereocenters. The van der Waals surface area contributed by atoms with Gasteiger partial charge in [0.1, 0.15) is 10.8 Å². The summed E-state index contributed by atoms with van der Waals surface area (Å²) in [5.74, 6) is -0.903. The van der Waals surface area contributed by atoms with E-state index in [1.54, 1.807) is 30.3 Å². The van der Waals surface area contributed by atoms with Gasteiger partial charge in [-0.2, -0.15) is 18.3 Å². The predicted octanol–water partition coefficient (Wildman–Crippen LogP) is 7.52. The van der Waals surface area contributed by atoms with E-state index in [2.05, 4.69) is 31.7 Å². The van der Waals surface area contributed by atoms with Crippen LogP contribution in [0.25, 0.3) is 0 Å². The summed E-state index contributed by atoms with van der Waals surface area (Å²) in [6.07, 6.45) is -4.93. The van der Waals surface area contributed by atoms with Crippen molar-refractivity contribution in [2.24, 2.45) is 0 Å². The van der Waals surface area contributed by atoms with Crippen LogP contribution >= 0.6 is 50.7 Å². The highest BCUT2D eigenvalue weighted by Crippen LogP contribution is 2.46. The van der Waals surface area contributed by atoms with Crippen molar-refractivity contribution in [1.82, 2.24) is 9.78 Å². The molecule has 1 aliphatic heterocycles. The van der Waals surface area contributed by atoms with Gasteiger partial charge in [0.2, 0.25) is 0 Å². The molecule has 0 saturated heterocycles. The molecule has 1 aliphatic rings. The number of hydrogen-bond donors (Lipinski definition) is 2. The SMILES string of the molecule is O=C(Nc1cccc(Cl)c1Cl)c1nn2c(c1Cl)NC(c1ccc(Br)cc1)CC2C(F)(F)F. The highest BCUT2D eigenvalue weighted by Gasteiger charge is 2.47.